The molecule has 1 saturated heterocycles. The van der Waals surface area contributed by atoms with Gasteiger partial charge in [-0.3, -0.25) is 9.59 Å². The van der Waals surface area contributed by atoms with Crippen LogP contribution >= 0.6 is 0 Å². The largest absolute Gasteiger partial charge is 0.490 e. The number of alkyl halides is 6. The average molecular weight is 591 g/mol. The van der Waals surface area contributed by atoms with Gasteiger partial charge in [-0.2, -0.15) is 31.4 Å². The molecule has 0 spiro atoms. The van der Waals surface area contributed by atoms with E-state index in [1.165, 1.54) is 0 Å². The van der Waals surface area contributed by atoms with Gasteiger partial charge in [0.05, 0.1) is 55.8 Å². The summed E-state index contributed by atoms with van der Waals surface area (Å²) in [6, 6.07) is 0.266. The molecule has 0 radical (unpaired) electrons. The molecule has 2 unspecified atom stereocenters. The second-order valence-electron chi connectivity index (χ2n) is 10.3. The van der Waals surface area contributed by atoms with Gasteiger partial charge in [-0.05, 0) is 24.8 Å². The molecule has 2 aliphatic heterocycles. The maximum Gasteiger partial charge on any atom is 0.423 e. The van der Waals surface area contributed by atoms with E-state index < -0.39 is 40.8 Å². The fraction of sp³-hybridized carbons (Fsp3) is 0.600. The van der Waals surface area contributed by atoms with Crippen LogP contribution < -0.4 is 20.5 Å². The first kappa shape index (κ1) is 29.0. The minimum absolute atomic E-state index is 0.0398. The standard InChI is InChI=1S/C25H28F6N6O4/c26-24(27,28)15-9-19-22(32-10-15)37-6-5-36(12-16(37)3-8-41-19)20(38)4-7-40-13-18(14-1-2-14)34-17-11-33-35-23(39)21(17)25(29,30)31/h9-11,14,16,18H,1-8,12-13H2,(H2,34,35,39). The van der Waals surface area contributed by atoms with E-state index in [2.05, 4.69) is 15.4 Å². The lowest BCUT2D eigenvalue weighted by Gasteiger charge is -2.41. The van der Waals surface area contributed by atoms with Crippen LogP contribution in [0.5, 0.6) is 5.75 Å². The first-order valence-electron chi connectivity index (χ1n) is 13.2. The highest BCUT2D eigenvalue weighted by Crippen LogP contribution is 2.39. The van der Waals surface area contributed by atoms with Crippen molar-refractivity contribution in [3.63, 3.8) is 0 Å². The van der Waals surface area contributed by atoms with E-state index >= 15 is 0 Å². The van der Waals surface area contributed by atoms with Gasteiger partial charge in [0.25, 0.3) is 5.56 Å². The number of nitrogens with zero attached hydrogens (tertiary/aromatic N) is 4. The number of fused-ring (bicyclic) bond motifs is 3. The lowest BCUT2D eigenvalue weighted by molar-refractivity contribution is -0.138. The molecule has 0 bridgehead atoms. The Morgan fingerprint density at radius 1 is 1.15 bits per heavy atom. The highest BCUT2D eigenvalue weighted by molar-refractivity contribution is 5.76. The molecular formula is C25H28F6N6O4. The number of rotatable bonds is 8. The summed E-state index contributed by atoms with van der Waals surface area (Å²) in [6.07, 6.45) is -5.58. The monoisotopic (exact) mass is 590 g/mol. The first-order valence-corrected chi connectivity index (χ1v) is 13.2. The molecule has 1 saturated carbocycles. The summed E-state index contributed by atoms with van der Waals surface area (Å²) in [5.74, 6) is 0.274. The van der Waals surface area contributed by atoms with Crippen molar-refractivity contribution in [1.29, 1.82) is 0 Å². The third kappa shape index (κ3) is 6.68. The number of piperazine rings is 1. The van der Waals surface area contributed by atoms with Crippen LogP contribution in [0.1, 0.15) is 36.8 Å². The average Bonchev–Trinajstić information content (AvgIpc) is 3.75. The van der Waals surface area contributed by atoms with E-state index in [0.29, 0.717) is 31.9 Å². The predicted octanol–water partition coefficient (Wildman–Crippen LogP) is 3.30. The summed E-state index contributed by atoms with van der Waals surface area (Å²) in [6.45, 7) is 1.30. The SMILES string of the molecule is O=C(CCOCC(Nc1cn[nH]c(=O)c1C(F)(F)F)C1CC1)N1CCN2c3ncc(C(F)(F)F)cc3OCCC2C1. The topological polar surface area (TPSA) is 113 Å². The maximum absolute atomic E-state index is 13.4. The molecule has 1 aliphatic carbocycles. The zero-order chi connectivity index (χ0) is 29.4. The van der Waals surface area contributed by atoms with Crippen molar-refractivity contribution >= 4 is 17.4 Å². The molecule has 1 amide bonds. The van der Waals surface area contributed by atoms with Crippen LogP contribution in [0.3, 0.4) is 0 Å². The zero-order valence-corrected chi connectivity index (χ0v) is 21.7. The predicted molar refractivity (Wildman–Crippen MR) is 132 cm³/mol. The van der Waals surface area contributed by atoms with E-state index in [4.69, 9.17) is 9.47 Å². The molecule has 2 atom stereocenters. The van der Waals surface area contributed by atoms with E-state index in [9.17, 15) is 35.9 Å². The molecule has 41 heavy (non-hydrogen) atoms. The van der Waals surface area contributed by atoms with Crippen LogP contribution in [-0.2, 0) is 21.9 Å². The van der Waals surface area contributed by atoms with Gasteiger partial charge in [0.1, 0.15) is 5.56 Å². The van der Waals surface area contributed by atoms with E-state index in [0.717, 1.165) is 31.3 Å². The van der Waals surface area contributed by atoms with Crippen LogP contribution in [0.25, 0.3) is 0 Å². The van der Waals surface area contributed by atoms with Gasteiger partial charge in [0, 0.05) is 32.3 Å². The zero-order valence-electron chi connectivity index (χ0n) is 21.7. The van der Waals surface area contributed by atoms with Gasteiger partial charge in [-0.25, -0.2) is 10.1 Å². The highest BCUT2D eigenvalue weighted by atomic mass is 19.4. The Bertz CT molecular complexity index is 1310. The van der Waals surface area contributed by atoms with Gasteiger partial charge in [0.2, 0.25) is 5.91 Å². The smallest absolute Gasteiger partial charge is 0.423 e. The van der Waals surface area contributed by atoms with Crippen molar-refractivity contribution in [3.05, 3.63) is 39.9 Å². The van der Waals surface area contributed by atoms with Crippen molar-refractivity contribution in [2.24, 2.45) is 5.92 Å². The number of amides is 1. The molecule has 10 nitrogen and oxygen atoms in total. The highest BCUT2D eigenvalue weighted by Gasteiger charge is 2.40. The Morgan fingerprint density at radius 3 is 2.63 bits per heavy atom. The lowest BCUT2D eigenvalue weighted by Crippen LogP contribution is -2.55. The summed E-state index contributed by atoms with van der Waals surface area (Å²) >= 11 is 0. The van der Waals surface area contributed by atoms with Gasteiger partial charge in [-0.1, -0.05) is 0 Å². The molecule has 0 aromatic carbocycles. The van der Waals surface area contributed by atoms with E-state index in [1.807, 2.05) is 4.90 Å². The normalized spacial score (nSPS) is 20.0. The fourth-order valence-electron chi connectivity index (χ4n) is 5.14. The van der Waals surface area contributed by atoms with Crippen LogP contribution in [0.15, 0.2) is 23.3 Å². The van der Waals surface area contributed by atoms with Crippen molar-refractivity contribution in [2.75, 3.05) is 49.7 Å². The third-order valence-electron chi connectivity index (χ3n) is 7.41. The van der Waals surface area contributed by atoms with E-state index in [-0.39, 0.29) is 49.9 Å². The molecule has 2 aromatic heterocycles. The summed E-state index contributed by atoms with van der Waals surface area (Å²) in [4.78, 5) is 32.2. The van der Waals surface area contributed by atoms with Gasteiger partial charge < -0.3 is 24.6 Å². The molecule has 224 valence electrons. The number of carbonyl (C=O) groups is 1. The quantitative estimate of drug-likeness (QED) is 0.356. The molecule has 2 fully saturated rings. The molecule has 3 aliphatic rings. The Kier molecular flexibility index (Phi) is 8.03. The number of hydrogen-bond acceptors (Lipinski definition) is 8. The van der Waals surface area contributed by atoms with Gasteiger partial charge >= 0.3 is 12.4 Å². The fourth-order valence-corrected chi connectivity index (χ4v) is 5.14. The minimum atomic E-state index is -4.86. The number of halogens is 6. The third-order valence-corrected chi connectivity index (χ3v) is 7.41. The van der Waals surface area contributed by atoms with Crippen molar-refractivity contribution in [3.8, 4) is 5.75 Å². The summed E-state index contributed by atoms with van der Waals surface area (Å²) in [5, 5.41) is 8.03. The van der Waals surface area contributed by atoms with Crippen LogP contribution in [0.2, 0.25) is 0 Å². The molecule has 5 rings (SSSR count). The maximum atomic E-state index is 13.4. The lowest BCUT2D eigenvalue weighted by atomic mass is 10.1. The van der Waals surface area contributed by atoms with Crippen molar-refractivity contribution < 1.29 is 40.6 Å². The number of pyridine rings is 1. The molecular weight excluding hydrogens is 562 g/mol. The first-order chi connectivity index (χ1) is 19.4. The van der Waals surface area contributed by atoms with Gasteiger partial charge in [0.15, 0.2) is 11.6 Å². The Morgan fingerprint density at radius 2 is 1.93 bits per heavy atom. The number of anilines is 2. The Balaban J connectivity index is 1.13. The van der Waals surface area contributed by atoms with Gasteiger partial charge in [-0.15, -0.1) is 0 Å². The molecule has 2 aromatic rings. The van der Waals surface area contributed by atoms with Crippen LogP contribution in [0.4, 0.5) is 37.8 Å². The van der Waals surface area contributed by atoms with E-state index in [1.54, 1.807) is 10.00 Å². The number of carbonyl (C=O) groups excluding carboxylic acids is 1. The number of aromatic amines is 1. The summed E-state index contributed by atoms with van der Waals surface area (Å²) in [7, 11) is 0. The minimum Gasteiger partial charge on any atom is -0.490 e. The number of H-pyrrole nitrogens is 1. The number of ether oxygens (including phenoxy) is 2. The second-order valence-corrected chi connectivity index (χ2v) is 10.3. The van der Waals surface area contributed by atoms with Crippen LogP contribution in [-0.4, -0.2) is 77.5 Å². The summed E-state index contributed by atoms with van der Waals surface area (Å²) in [5.41, 5.74) is -4.00. The second kappa shape index (κ2) is 11.4. The van der Waals surface area contributed by atoms with Crippen molar-refractivity contribution in [1.82, 2.24) is 20.1 Å². The number of hydrogen-bond donors (Lipinski definition) is 2. The Hall–Kier alpha value is -3.56. The molecule has 16 heteroatoms. The molecule has 4 heterocycles. The molecule has 2 N–H and O–H groups in total. The number of nitrogens with one attached hydrogen (secondary N) is 2. The number of aromatic nitrogens is 3. The Labute approximate surface area is 230 Å². The summed E-state index contributed by atoms with van der Waals surface area (Å²) < 4.78 is 90.7. The van der Waals surface area contributed by atoms with Crippen molar-refractivity contribution in [2.45, 2.75) is 50.1 Å². The van der Waals surface area contributed by atoms with Crippen LogP contribution in [0, 0.1) is 5.92 Å².